The van der Waals surface area contributed by atoms with Gasteiger partial charge in [-0.15, -0.1) is 0 Å². The van der Waals surface area contributed by atoms with E-state index in [0.717, 1.165) is 15.4 Å². The van der Waals surface area contributed by atoms with Crippen LogP contribution in [0.15, 0.2) is 102 Å². The Morgan fingerprint density at radius 1 is 0.854 bits per heavy atom. The summed E-state index contributed by atoms with van der Waals surface area (Å²) in [6.07, 6.45) is 0.828. The van der Waals surface area contributed by atoms with E-state index in [1.54, 1.807) is 18.2 Å². The van der Waals surface area contributed by atoms with Crippen LogP contribution in [-0.4, -0.2) is 58.0 Å². The molecule has 0 saturated carbocycles. The Kier molecular flexibility index (Phi) is 12.2. The third-order valence-corrected chi connectivity index (χ3v) is 9.87. The molecule has 0 heterocycles. The zero-order chi connectivity index (χ0) is 34.8. The van der Waals surface area contributed by atoms with Gasteiger partial charge < -0.3 is 19.7 Å². The van der Waals surface area contributed by atoms with Crippen LogP contribution in [0.1, 0.15) is 37.0 Å². The summed E-state index contributed by atoms with van der Waals surface area (Å²) in [5.74, 6) is -0.823. The maximum atomic E-state index is 14.6. The molecule has 0 fully saturated rings. The number of aryl methyl sites for hydroxylation is 1. The highest BCUT2D eigenvalue weighted by Crippen LogP contribution is 2.34. The highest BCUT2D eigenvalue weighted by atomic mass is 32.2. The van der Waals surface area contributed by atoms with Gasteiger partial charge in [-0.1, -0.05) is 67.1 Å². The number of carbonyl (C=O) groups excluding carboxylic acids is 2. The summed E-state index contributed by atoms with van der Waals surface area (Å²) < 4.78 is 54.3. The van der Waals surface area contributed by atoms with Gasteiger partial charge in [0.1, 0.15) is 18.4 Å². The molecule has 0 aromatic heterocycles. The lowest BCUT2D eigenvalue weighted by Crippen LogP contribution is -2.54. The molecule has 4 aromatic rings. The molecule has 4 aromatic carbocycles. The summed E-state index contributed by atoms with van der Waals surface area (Å²) in [5.41, 5.74) is 2.40. The lowest BCUT2D eigenvalue weighted by atomic mass is 10.0. The van der Waals surface area contributed by atoms with Crippen molar-refractivity contribution in [1.29, 1.82) is 0 Å². The second kappa shape index (κ2) is 16.3. The Bertz CT molecular complexity index is 1780. The topological polar surface area (TPSA) is 105 Å². The normalized spacial score (nSPS) is 12.5. The Hall–Kier alpha value is -4.90. The Morgan fingerprint density at radius 2 is 1.50 bits per heavy atom. The highest BCUT2D eigenvalue weighted by Gasteiger charge is 2.35. The molecule has 1 N–H and O–H groups in total. The Labute approximate surface area is 282 Å². The number of nitrogens with zero attached hydrogens (tertiary/aromatic N) is 2. The molecule has 9 nitrogen and oxygen atoms in total. The number of anilines is 1. The molecule has 48 heavy (non-hydrogen) atoms. The third kappa shape index (κ3) is 8.92. The summed E-state index contributed by atoms with van der Waals surface area (Å²) in [7, 11) is -1.42. The fourth-order valence-electron chi connectivity index (χ4n) is 5.13. The van der Waals surface area contributed by atoms with Gasteiger partial charge in [-0.25, -0.2) is 12.8 Å². The number of carbonyl (C=O) groups is 2. The minimum absolute atomic E-state index is 0.0175. The smallest absolute Gasteiger partial charge is 0.264 e. The van der Waals surface area contributed by atoms with Crippen molar-refractivity contribution in [2.75, 3.05) is 25.1 Å². The van der Waals surface area contributed by atoms with Crippen LogP contribution in [0.5, 0.6) is 11.5 Å². The monoisotopic (exact) mass is 675 g/mol. The van der Waals surface area contributed by atoms with Gasteiger partial charge in [-0.05, 0) is 67.8 Å². The number of hydrogen-bond donors (Lipinski definition) is 1. The molecule has 0 saturated heterocycles. The molecule has 0 aliphatic rings. The van der Waals surface area contributed by atoms with Crippen LogP contribution in [0.4, 0.5) is 10.1 Å². The van der Waals surface area contributed by atoms with E-state index in [1.165, 1.54) is 67.7 Å². The molecule has 0 bridgehead atoms. The van der Waals surface area contributed by atoms with Crippen LogP contribution in [0.25, 0.3) is 0 Å². The summed E-state index contributed by atoms with van der Waals surface area (Å²) in [6.45, 7) is 4.94. The largest absolute Gasteiger partial charge is 0.493 e. The molecule has 0 aliphatic heterocycles. The fraction of sp³-hybridized carbons (Fsp3) is 0.297. The van der Waals surface area contributed by atoms with Gasteiger partial charge in [0, 0.05) is 25.1 Å². The first-order chi connectivity index (χ1) is 23.0. The molecule has 2 atom stereocenters. The lowest BCUT2D eigenvalue weighted by Gasteiger charge is -2.34. The predicted octanol–water partition coefficient (Wildman–Crippen LogP) is 5.90. The summed E-state index contributed by atoms with van der Waals surface area (Å²) >= 11 is 0. The van der Waals surface area contributed by atoms with Crippen molar-refractivity contribution in [3.05, 3.63) is 120 Å². The number of hydrogen-bond acceptors (Lipinski definition) is 6. The van der Waals surface area contributed by atoms with E-state index in [4.69, 9.17) is 9.47 Å². The first-order valence-electron chi connectivity index (χ1n) is 15.7. The van der Waals surface area contributed by atoms with Gasteiger partial charge in [0.15, 0.2) is 11.5 Å². The van der Waals surface area contributed by atoms with Crippen molar-refractivity contribution in [2.45, 2.75) is 57.1 Å². The van der Waals surface area contributed by atoms with Gasteiger partial charge in [0.2, 0.25) is 11.8 Å². The van der Waals surface area contributed by atoms with E-state index >= 15 is 0 Å². The second-order valence-corrected chi connectivity index (χ2v) is 13.4. The molecule has 0 spiro atoms. The van der Waals surface area contributed by atoms with E-state index < -0.39 is 34.3 Å². The van der Waals surface area contributed by atoms with Crippen LogP contribution < -0.4 is 19.1 Å². The van der Waals surface area contributed by atoms with Crippen LogP contribution >= 0.6 is 0 Å². The van der Waals surface area contributed by atoms with Crippen LogP contribution in [0.2, 0.25) is 0 Å². The van der Waals surface area contributed by atoms with Crippen LogP contribution in [0.3, 0.4) is 0 Å². The average molecular weight is 676 g/mol. The van der Waals surface area contributed by atoms with Gasteiger partial charge in [0.25, 0.3) is 10.0 Å². The first kappa shape index (κ1) is 35.9. The Morgan fingerprint density at radius 3 is 2.10 bits per heavy atom. The van der Waals surface area contributed by atoms with Crippen molar-refractivity contribution in [3.63, 3.8) is 0 Å². The van der Waals surface area contributed by atoms with E-state index in [2.05, 4.69) is 5.32 Å². The minimum atomic E-state index is -4.31. The maximum absolute atomic E-state index is 14.6. The number of methoxy groups -OCH3 is 2. The highest BCUT2D eigenvalue weighted by molar-refractivity contribution is 7.92. The lowest BCUT2D eigenvalue weighted by molar-refractivity contribution is -0.140. The Balaban J connectivity index is 1.84. The molecule has 0 unspecified atom stereocenters. The third-order valence-electron chi connectivity index (χ3n) is 8.08. The zero-order valence-corrected chi connectivity index (χ0v) is 28.7. The molecular formula is C37H42FN3O6S. The fourth-order valence-corrected chi connectivity index (χ4v) is 6.53. The summed E-state index contributed by atoms with van der Waals surface area (Å²) in [6, 6.07) is 24.6. The van der Waals surface area contributed by atoms with Gasteiger partial charge in [0.05, 0.1) is 24.8 Å². The van der Waals surface area contributed by atoms with Crippen molar-refractivity contribution >= 4 is 27.5 Å². The number of halogens is 1. The molecule has 11 heteroatoms. The van der Waals surface area contributed by atoms with Crippen molar-refractivity contribution in [3.8, 4) is 11.5 Å². The number of benzene rings is 4. The minimum Gasteiger partial charge on any atom is -0.493 e. The van der Waals surface area contributed by atoms with Crippen molar-refractivity contribution < 1.29 is 31.9 Å². The average Bonchev–Trinajstić information content (AvgIpc) is 3.09. The van der Waals surface area contributed by atoms with E-state index in [0.29, 0.717) is 17.7 Å². The molecule has 4 rings (SSSR count). The molecule has 2 amide bonds. The quantitative estimate of drug-likeness (QED) is 0.168. The van der Waals surface area contributed by atoms with Crippen LogP contribution in [-0.2, 0) is 32.6 Å². The summed E-state index contributed by atoms with van der Waals surface area (Å²) in [5, 5.41) is 3.00. The summed E-state index contributed by atoms with van der Waals surface area (Å²) in [4.78, 5) is 29.9. The number of amides is 2. The molecule has 254 valence electrons. The van der Waals surface area contributed by atoms with Crippen molar-refractivity contribution in [1.82, 2.24) is 10.2 Å². The van der Waals surface area contributed by atoms with E-state index in [1.807, 2.05) is 51.1 Å². The molecule has 0 aliphatic carbocycles. The second-order valence-electron chi connectivity index (χ2n) is 11.5. The number of rotatable bonds is 15. The molecular weight excluding hydrogens is 633 g/mol. The predicted molar refractivity (Wildman–Crippen MR) is 184 cm³/mol. The van der Waals surface area contributed by atoms with E-state index in [-0.39, 0.29) is 41.2 Å². The van der Waals surface area contributed by atoms with Gasteiger partial charge in [-0.3, -0.25) is 13.9 Å². The standard InChI is InChI=1S/C37H42FN3O6S/c1-6-27(3)39-37(43)33(22-28-10-8-7-9-11-28)40(24-29-14-16-30(38)17-15-29)36(42)25-41(31-18-21-34(46-4)35(23-31)47-5)48(44,45)32-19-12-26(2)13-20-32/h7-21,23,27,33H,6,22,24-25H2,1-5H3,(H,39,43)/t27-,33-/m0/s1. The SMILES string of the molecule is CC[C@H](C)NC(=O)[C@H](Cc1ccccc1)N(Cc1ccc(F)cc1)C(=O)CN(c1ccc(OC)c(OC)c1)S(=O)(=O)c1ccc(C)cc1. The number of ether oxygens (including phenoxy) is 2. The molecule has 0 radical (unpaired) electrons. The maximum Gasteiger partial charge on any atom is 0.264 e. The first-order valence-corrected chi connectivity index (χ1v) is 17.1. The zero-order valence-electron chi connectivity index (χ0n) is 27.9. The van der Waals surface area contributed by atoms with Gasteiger partial charge >= 0.3 is 0 Å². The van der Waals surface area contributed by atoms with E-state index in [9.17, 15) is 22.4 Å². The number of nitrogens with one attached hydrogen (secondary N) is 1. The van der Waals surface area contributed by atoms with Crippen molar-refractivity contribution in [2.24, 2.45) is 0 Å². The van der Waals surface area contributed by atoms with Crippen LogP contribution in [0, 0.1) is 12.7 Å². The number of sulfonamides is 1. The van der Waals surface area contributed by atoms with Gasteiger partial charge in [-0.2, -0.15) is 0 Å².